The molecular weight excluding hydrogens is 484 g/mol. The minimum absolute atomic E-state index is 0.171. The first kappa shape index (κ1) is 25.2. The summed E-state index contributed by atoms with van der Waals surface area (Å²) in [6, 6.07) is 4.06. The predicted octanol–water partition coefficient (Wildman–Crippen LogP) is 8.08. The summed E-state index contributed by atoms with van der Waals surface area (Å²) in [4.78, 5) is 10.9. The maximum atomic E-state index is 10.9. The number of unbranched alkanes of at least 4 members (excludes halogenated alkanes) is 9. The van der Waals surface area contributed by atoms with E-state index in [4.69, 9.17) is 9.84 Å². The number of carbonyl (C=O) groups is 1. The van der Waals surface area contributed by atoms with E-state index in [1.807, 2.05) is 6.07 Å². The van der Waals surface area contributed by atoms with E-state index in [2.05, 4.69) is 51.4 Å². The highest BCUT2D eigenvalue weighted by Gasteiger charge is 2.12. The number of hydrogen-bond donors (Lipinski definition) is 1. The minimum Gasteiger partial charge on any atom is -0.492 e. The van der Waals surface area contributed by atoms with Gasteiger partial charge in [-0.15, -0.1) is 0 Å². The summed E-state index contributed by atoms with van der Waals surface area (Å²) in [7, 11) is 0. The Bertz CT molecular complexity index is 614. The van der Waals surface area contributed by atoms with Crippen LogP contribution in [0.2, 0.25) is 0 Å². The molecule has 0 aliphatic rings. The quantitative estimate of drug-likeness (QED) is 0.178. The van der Waals surface area contributed by atoms with Crippen LogP contribution in [0.3, 0.4) is 0 Å². The fourth-order valence-electron chi connectivity index (χ4n) is 3.15. The van der Waals surface area contributed by atoms with Crippen LogP contribution in [-0.4, -0.2) is 17.7 Å². The molecule has 1 aromatic rings. The van der Waals surface area contributed by atoms with Crippen molar-refractivity contribution in [3.05, 3.63) is 38.8 Å². The smallest absolute Gasteiger partial charge is 0.331 e. The summed E-state index contributed by atoms with van der Waals surface area (Å²) in [5.74, 6) is -0.152. The standard InChI is InChI=1S/C23H34Br2O3/c1-3-4-5-6-7-8-9-10-11-12-13-19-16-20(24)17-21(25)22(19)28-15-14-18(2)23(26)27/h16-17H,2-15H2,1H3,(H,26,27). The zero-order valence-corrected chi connectivity index (χ0v) is 20.2. The lowest BCUT2D eigenvalue weighted by Crippen LogP contribution is -2.07. The number of carboxylic acids is 1. The largest absolute Gasteiger partial charge is 0.492 e. The van der Waals surface area contributed by atoms with Crippen LogP contribution in [0.1, 0.15) is 83.1 Å². The number of aliphatic carboxylic acids is 1. The second kappa shape index (κ2) is 15.1. The highest BCUT2D eigenvalue weighted by atomic mass is 79.9. The number of hydrogen-bond acceptors (Lipinski definition) is 2. The van der Waals surface area contributed by atoms with Crippen molar-refractivity contribution in [2.24, 2.45) is 0 Å². The average Bonchev–Trinajstić information content (AvgIpc) is 2.64. The Morgan fingerprint density at radius 1 is 1.00 bits per heavy atom. The van der Waals surface area contributed by atoms with Crippen LogP contribution in [0, 0.1) is 0 Å². The van der Waals surface area contributed by atoms with E-state index in [0.29, 0.717) is 13.0 Å². The second-order valence-corrected chi connectivity index (χ2v) is 9.09. The summed E-state index contributed by atoms with van der Waals surface area (Å²) >= 11 is 7.12. The lowest BCUT2D eigenvalue weighted by atomic mass is 10.0. The normalized spacial score (nSPS) is 10.8. The molecular formula is C23H34Br2O3. The van der Waals surface area contributed by atoms with Crippen LogP contribution in [0.4, 0.5) is 0 Å². The van der Waals surface area contributed by atoms with Gasteiger partial charge in [-0.05, 0) is 46.5 Å². The molecule has 0 fully saturated rings. The molecule has 28 heavy (non-hydrogen) atoms. The molecule has 0 aliphatic heterocycles. The Labute approximate surface area is 187 Å². The minimum atomic E-state index is -0.968. The van der Waals surface area contributed by atoms with E-state index in [-0.39, 0.29) is 5.57 Å². The van der Waals surface area contributed by atoms with Crippen LogP contribution < -0.4 is 4.74 Å². The molecule has 0 atom stereocenters. The monoisotopic (exact) mass is 516 g/mol. The molecule has 158 valence electrons. The Balaban J connectivity index is 2.37. The van der Waals surface area contributed by atoms with Gasteiger partial charge in [0.15, 0.2) is 0 Å². The average molecular weight is 518 g/mol. The van der Waals surface area contributed by atoms with Crippen molar-refractivity contribution < 1.29 is 14.6 Å². The van der Waals surface area contributed by atoms with Crippen LogP contribution in [0.15, 0.2) is 33.2 Å². The van der Waals surface area contributed by atoms with Crippen molar-refractivity contribution >= 4 is 37.8 Å². The highest BCUT2D eigenvalue weighted by Crippen LogP contribution is 2.34. The fourth-order valence-corrected chi connectivity index (χ4v) is 4.58. The molecule has 0 aromatic heterocycles. The molecule has 0 amide bonds. The van der Waals surface area contributed by atoms with E-state index in [0.717, 1.165) is 33.1 Å². The molecule has 0 heterocycles. The van der Waals surface area contributed by atoms with E-state index < -0.39 is 5.97 Å². The summed E-state index contributed by atoms with van der Waals surface area (Å²) < 4.78 is 7.80. The number of rotatable bonds is 16. The lowest BCUT2D eigenvalue weighted by molar-refractivity contribution is -0.132. The zero-order chi connectivity index (χ0) is 20.8. The van der Waals surface area contributed by atoms with Gasteiger partial charge in [-0.25, -0.2) is 4.79 Å². The number of aryl methyl sites for hydroxylation is 1. The van der Waals surface area contributed by atoms with Crippen molar-refractivity contribution in [1.82, 2.24) is 0 Å². The van der Waals surface area contributed by atoms with Gasteiger partial charge in [0.1, 0.15) is 5.75 Å². The van der Waals surface area contributed by atoms with Gasteiger partial charge < -0.3 is 9.84 Å². The Morgan fingerprint density at radius 3 is 2.14 bits per heavy atom. The SMILES string of the molecule is C=C(CCOc1c(Br)cc(Br)cc1CCCCCCCCCCCC)C(=O)O. The van der Waals surface area contributed by atoms with Gasteiger partial charge in [-0.3, -0.25) is 0 Å². The fraction of sp³-hybridized carbons (Fsp3) is 0.609. The van der Waals surface area contributed by atoms with Gasteiger partial charge in [0, 0.05) is 16.5 Å². The van der Waals surface area contributed by atoms with Gasteiger partial charge in [0.25, 0.3) is 0 Å². The maximum absolute atomic E-state index is 10.9. The first-order chi connectivity index (χ1) is 13.5. The van der Waals surface area contributed by atoms with Crippen molar-refractivity contribution in [3.63, 3.8) is 0 Å². The zero-order valence-electron chi connectivity index (χ0n) is 17.1. The Morgan fingerprint density at radius 2 is 1.57 bits per heavy atom. The van der Waals surface area contributed by atoms with E-state index >= 15 is 0 Å². The molecule has 1 aromatic carbocycles. The summed E-state index contributed by atoms with van der Waals surface area (Å²) in [6.07, 6.45) is 14.4. The molecule has 0 bridgehead atoms. The summed E-state index contributed by atoms with van der Waals surface area (Å²) in [5.41, 5.74) is 1.33. The molecule has 5 heteroatoms. The molecule has 0 saturated heterocycles. The van der Waals surface area contributed by atoms with Gasteiger partial charge in [0.05, 0.1) is 11.1 Å². The maximum Gasteiger partial charge on any atom is 0.331 e. The molecule has 0 unspecified atom stereocenters. The second-order valence-electron chi connectivity index (χ2n) is 7.32. The number of ether oxygens (including phenoxy) is 1. The Kier molecular flexibility index (Phi) is 13.6. The lowest BCUT2D eigenvalue weighted by Gasteiger charge is -2.14. The Hall–Kier alpha value is -0.810. The highest BCUT2D eigenvalue weighted by molar-refractivity contribution is 9.11. The third-order valence-corrected chi connectivity index (χ3v) is 5.88. The molecule has 0 saturated carbocycles. The third kappa shape index (κ3) is 10.7. The van der Waals surface area contributed by atoms with Crippen LogP contribution in [0.25, 0.3) is 0 Å². The number of carboxylic acid groups (broad SMARTS) is 1. The van der Waals surface area contributed by atoms with Crippen molar-refractivity contribution in [2.45, 2.75) is 84.0 Å². The van der Waals surface area contributed by atoms with Gasteiger partial charge in [-0.1, -0.05) is 87.2 Å². The van der Waals surface area contributed by atoms with Gasteiger partial charge in [-0.2, -0.15) is 0 Å². The molecule has 1 rings (SSSR count). The molecule has 3 nitrogen and oxygen atoms in total. The first-order valence-corrected chi connectivity index (χ1v) is 12.1. The van der Waals surface area contributed by atoms with E-state index in [1.54, 1.807) is 0 Å². The van der Waals surface area contributed by atoms with Crippen molar-refractivity contribution in [1.29, 1.82) is 0 Å². The molecule has 1 N–H and O–H groups in total. The van der Waals surface area contributed by atoms with Crippen LogP contribution >= 0.6 is 31.9 Å². The number of halogens is 2. The molecule has 0 aliphatic carbocycles. The predicted molar refractivity (Wildman–Crippen MR) is 124 cm³/mol. The summed E-state index contributed by atoms with van der Waals surface area (Å²) in [5, 5.41) is 8.91. The van der Waals surface area contributed by atoms with Gasteiger partial charge >= 0.3 is 5.97 Å². The van der Waals surface area contributed by atoms with Crippen molar-refractivity contribution in [2.75, 3.05) is 6.61 Å². The van der Waals surface area contributed by atoms with Crippen molar-refractivity contribution in [3.8, 4) is 5.75 Å². The molecule has 0 spiro atoms. The van der Waals surface area contributed by atoms with E-state index in [1.165, 1.54) is 57.8 Å². The molecule has 0 radical (unpaired) electrons. The first-order valence-electron chi connectivity index (χ1n) is 10.5. The summed E-state index contributed by atoms with van der Waals surface area (Å²) in [6.45, 7) is 6.12. The van der Waals surface area contributed by atoms with Crippen LogP contribution in [-0.2, 0) is 11.2 Å². The van der Waals surface area contributed by atoms with E-state index in [9.17, 15) is 4.79 Å². The van der Waals surface area contributed by atoms with Gasteiger partial charge in [0.2, 0.25) is 0 Å². The van der Waals surface area contributed by atoms with Crippen LogP contribution in [0.5, 0.6) is 5.75 Å². The topological polar surface area (TPSA) is 46.5 Å². The third-order valence-electron chi connectivity index (χ3n) is 4.84. The number of benzene rings is 1.